The first-order chi connectivity index (χ1) is 11.6. The Morgan fingerprint density at radius 1 is 1.29 bits per heavy atom. The van der Waals surface area contributed by atoms with Crippen molar-refractivity contribution in [3.8, 4) is 0 Å². The molecule has 7 nitrogen and oxygen atoms in total. The molecule has 1 saturated heterocycles. The quantitative estimate of drug-likeness (QED) is 0.877. The Balaban J connectivity index is 1.68. The van der Waals surface area contributed by atoms with Gasteiger partial charge in [0.2, 0.25) is 11.8 Å². The number of nitrogens with zero attached hydrogens (tertiary/aromatic N) is 4. The number of benzene rings is 1. The van der Waals surface area contributed by atoms with Crippen LogP contribution in [0.15, 0.2) is 30.5 Å². The summed E-state index contributed by atoms with van der Waals surface area (Å²) in [6.45, 7) is 2.44. The van der Waals surface area contributed by atoms with Gasteiger partial charge >= 0.3 is 0 Å². The molecule has 2 amide bonds. The maximum Gasteiger partial charge on any atom is 0.243 e. The van der Waals surface area contributed by atoms with Gasteiger partial charge in [-0.1, -0.05) is 18.2 Å². The molecule has 0 saturated carbocycles. The predicted molar refractivity (Wildman–Crippen MR) is 91.4 cm³/mol. The Bertz CT molecular complexity index is 741. The van der Waals surface area contributed by atoms with Crippen molar-refractivity contribution in [2.75, 3.05) is 33.7 Å². The summed E-state index contributed by atoms with van der Waals surface area (Å²) in [7, 11) is 3.57. The normalized spacial score (nSPS) is 18.8. The predicted octanol–water partition coefficient (Wildman–Crippen LogP) is 0.315. The molecule has 3 rings (SSSR count). The van der Waals surface area contributed by atoms with Crippen molar-refractivity contribution in [3.63, 3.8) is 0 Å². The fraction of sp³-hybridized carbons (Fsp3) is 0.471. The minimum atomic E-state index is -0.421. The fourth-order valence-electron chi connectivity index (χ4n) is 3.16. The lowest BCUT2D eigenvalue weighted by atomic mass is 10.1. The summed E-state index contributed by atoms with van der Waals surface area (Å²) >= 11 is 0. The molecule has 2 aromatic rings. The third-order valence-corrected chi connectivity index (χ3v) is 4.54. The third-order valence-electron chi connectivity index (χ3n) is 4.54. The summed E-state index contributed by atoms with van der Waals surface area (Å²) in [5, 5.41) is 8.07. The topological polar surface area (TPSA) is 70.5 Å². The molecule has 0 aliphatic carbocycles. The number of fused-ring (bicyclic) bond motifs is 1. The van der Waals surface area contributed by atoms with Gasteiger partial charge < -0.3 is 15.1 Å². The van der Waals surface area contributed by atoms with E-state index in [0.29, 0.717) is 26.1 Å². The summed E-state index contributed by atoms with van der Waals surface area (Å²) in [6.07, 6.45) is 2.14. The van der Waals surface area contributed by atoms with Crippen molar-refractivity contribution in [1.82, 2.24) is 24.9 Å². The minimum absolute atomic E-state index is 0.00344. The van der Waals surface area contributed by atoms with E-state index in [4.69, 9.17) is 0 Å². The molecule has 1 aliphatic heterocycles. The molecule has 1 N–H and O–H groups in total. The first kappa shape index (κ1) is 16.4. The Hall–Kier alpha value is -2.41. The number of aromatic nitrogens is 2. The number of piperazine rings is 1. The van der Waals surface area contributed by atoms with E-state index in [-0.39, 0.29) is 11.8 Å². The standard InChI is InChI=1S/C17H23N5O2/c1-18-17(24)15-12-20(2)9-10-21(15)16(23)7-8-22-14-6-4-3-5-13(14)11-19-22/h3-6,11,15H,7-10,12H2,1-2H3,(H,18,24). The van der Waals surface area contributed by atoms with Gasteiger partial charge in [0.1, 0.15) is 6.04 Å². The van der Waals surface area contributed by atoms with Gasteiger partial charge in [0.05, 0.1) is 18.3 Å². The number of rotatable bonds is 4. The molecule has 1 unspecified atom stereocenters. The molecule has 1 atom stereocenters. The van der Waals surface area contributed by atoms with Crippen molar-refractivity contribution < 1.29 is 9.59 Å². The van der Waals surface area contributed by atoms with Crippen LogP contribution in [0.4, 0.5) is 0 Å². The number of carbonyl (C=O) groups excluding carboxylic acids is 2. The van der Waals surface area contributed by atoms with E-state index in [1.165, 1.54) is 0 Å². The van der Waals surface area contributed by atoms with E-state index in [2.05, 4.69) is 15.3 Å². The van der Waals surface area contributed by atoms with Gasteiger partial charge in [-0.25, -0.2) is 0 Å². The van der Waals surface area contributed by atoms with Crippen molar-refractivity contribution in [1.29, 1.82) is 0 Å². The monoisotopic (exact) mass is 329 g/mol. The zero-order valence-electron chi connectivity index (χ0n) is 14.1. The molecule has 0 radical (unpaired) electrons. The van der Waals surface area contributed by atoms with Crippen molar-refractivity contribution >= 4 is 22.7 Å². The summed E-state index contributed by atoms with van der Waals surface area (Å²) in [5.74, 6) is -0.115. The maximum absolute atomic E-state index is 12.7. The van der Waals surface area contributed by atoms with Gasteiger partial charge in [0.25, 0.3) is 0 Å². The number of hydrogen-bond donors (Lipinski definition) is 1. The highest BCUT2D eigenvalue weighted by Crippen LogP contribution is 2.15. The zero-order chi connectivity index (χ0) is 17.1. The number of amides is 2. The number of likely N-dealkylation sites (N-methyl/N-ethyl adjacent to an activating group) is 2. The second kappa shape index (κ2) is 7.00. The first-order valence-corrected chi connectivity index (χ1v) is 8.20. The molecular weight excluding hydrogens is 306 g/mol. The van der Waals surface area contributed by atoms with Crippen LogP contribution in [0.5, 0.6) is 0 Å². The average molecular weight is 329 g/mol. The highest BCUT2D eigenvalue weighted by molar-refractivity contribution is 5.88. The minimum Gasteiger partial charge on any atom is -0.357 e. The van der Waals surface area contributed by atoms with Gasteiger partial charge in [0, 0.05) is 38.5 Å². The number of hydrogen-bond acceptors (Lipinski definition) is 4. The van der Waals surface area contributed by atoms with E-state index in [1.807, 2.05) is 42.2 Å². The number of carbonyl (C=O) groups is 2. The fourth-order valence-corrected chi connectivity index (χ4v) is 3.16. The SMILES string of the molecule is CNC(=O)C1CN(C)CCN1C(=O)CCn1ncc2ccccc21. The largest absolute Gasteiger partial charge is 0.357 e. The van der Waals surface area contributed by atoms with Crippen LogP contribution in [-0.4, -0.2) is 71.2 Å². The average Bonchev–Trinajstić information content (AvgIpc) is 3.02. The molecule has 0 spiro atoms. The molecule has 7 heteroatoms. The summed E-state index contributed by atoms with van der Waals surface area (Å²) in [6, 6.07) is 7.51. The zero-order valence-corrected chi connectivity index (χ0v) is 14.1. The van der Waals surface area contributed by atoms with Gasteiger partial charge in [-0.15, -0.1) is 0 Å². The summed E-state index contributed by atoms with van der Waals surface area (Å²) < 4.78 is 1.85. The van der Waals surface area contributed by atoms with Gasteiger partial charge in [-0.2, -0.15) is 5.10 Å². The molecule has 0 bridgehead atoms. The van der Waals surface area contributed by atoms with E-state index < -0.39 is 6.04 Å². The molecule has 1 aromatic heterocycles. The van der Waals surface area contributed by atoms with E-state index >= 15 is 0 Å². The van der Waals surface area contributed by atoms with Crippen molar-refractivity contribution in [2.24, 2.45) is 0 Å². The molecule has 24 heavy (non-hydrogen) atoms. The first-order valence-electron chi connectivity index (χ1n) is 8.20. The number of aryl methyl sites for hydroxylation is 1. The Kier molecular flexibility index (Phi) is 4.80. The van der Waals surface area contributed by atoms with Crippen LogP contribution >= 0.6 is 0 Å². The Labute approximate surface area is 141 Å². The second-order valence-corrected chi connectivity index (χ2v) is 6.16. The molecule has 128 valence electrons. The highest BCUT2D eigenvalue weighted by Gasteiger charge is 2.33. The summed E-state index contributed by atoms with van der Waals surface area (Å²) in [5.41, 5.74) is 1.02. The van der Waals surface area contributed by atoms with Crippen LogP contribution < -0.4 is 5.32 Å². The van der Waals surface area contributed by atoms with Crippen LogP contribution in [0.25, 0.3) is 10.9 Å². The Morgan fingerprint density at radius 2 is 2.08 bits per heavy atom. The van der Waals surface area contributed by atoms with E-state index in [0.717, 1.165) is 17.4 Å². The molecule has 1 fully saturated rings. The lowest BCUT2D eigenvalue weighted by molar-refractivity contribution is -0.143. The van der Waals surface area contributed by atoms with Gasteiger partial charge in [0.15, 0.2) is 0 Å². The van der Waals surface area contributed by atoms with E-state index in [1.54, 1.807) is 11.9 Å². The second-order valence-electron chi connectivity index (χ2n) is 6.16. The van der Waals surface area contributed by atoms with Gasteiger partial charge in [-0.3, -0.25) is 14.3 Å². The lowest BCUT2D eigenvalue weighted by Crippen LogP contribution is -2.59. The van der Waals surface area contributed by atoms with Crippen molar-refractivity contribution in [3.05, 3.63) is 30.5 Å². The summed E-state index contributed by atoms with van der Waals surface area (Å²) in [4.78, 5) is 28.5. The van der Waals surface area contributed by atoms with Crippen LogP contribution in [0.1, 0.15) is 6.42 Å². The number of para-hydroxylation sites is 1. The van der Waals surface area contributed by atoms with Crippen molar-refractivity contribution in [2.45, 2.75) is 19.0 Å². The van der Waals surface area contributed by atoms with E-state index in [9.17, 15) is 9.59 Å². The number of nitrogens with one attached hydrogen (secondary N) is 1. The van der Waals surface area contributed by atoms with Crippen LogP contribution in [-0.2, 0) is 16.1 Å². The Morgan fingerprint density at radius 3 is 2.88 bits per heavy atom. The van der Waals surface area contributed by atoms with Crippen LogP contribution in [0.2, 0.25) is 0 Å². The lowest BCUT2D eigenvalue weighted by Gasteiger charge is -2.38. The molecular formula is C17H23N5O2. The maximum atomic E-state index is 12.7. The molecule has 2 heterocycles. The third kappa shape index (κ3) is 3.26. The molecule has 1 aromatic carbocycles. The van der Waals surface area contributed by atoms with Crippen LogP contribution in [0.3, 0.4) is 0 Å². The smallest absolute Gasteiger partial charge is 0.243 e. The molecule has 1 aliphatic rings. The highest BCUT2D eigenvalue weighted by atomic mass is 16.2. The van der Waals surface area contributed by atoms with Gasteiger partial charge in [-0.05, 0) is 13.1 Å². The van der Waals surface area contributed by atoms with Crippen LogP contribution in [0, 0.1) is 0 Å².